The van der Waals surface area contributed by atoms with Gasteiger partial charge in [0.05, 0.1) is 20.1 Å². The number of methoxy groups -OCH3 is 2. The second-order valence-electron chi connectivity index (χ2n) is 5.60. The molecule has 0 atom stereocenters. The van der Waals surface area contributed by atoms with E-state index in [0.717, 1.165) is 0 Å². The van der Waals surface area contributed by atoms with Gasteiger partial charge in [-0.1, -0.05) is 11.6 Å². The molecule has 1 aromatic rings. The first-order valence-electron chi connectivity index (χ1n) is 7.82. The van der Waals surface area contributed by atoms with Gasteiger partial charge < -0.3 is 19.1 Å². The fourth-order valence-electron chi connectivity index (χ4n) is 2.67. The van der Waals surface area contributed by atoms with E-state index in [9.17, 15) is 14.4 Å². The Bertz CT molecular complexity index is 655. The van der Waals surface area contributed by atoms with Gasteiger partial charge in [0.1, 0.15) is 11.3 Å². The zero-order valence-corrected chi connectivity index (χ0v) is 14.9. The largest absolute Gasteiger partial charge is 0.496 e. The van der Waals surface area contributed by atoms with Crippen LogP contribution in [0.5, 0.6) is 5.75 Å². The Hall–Kier alpha value is -2.28. The molecule has 1 aliphatic rings. The average Bonchev–Trinajstić information content (AvgIpc) is 2.65. The maximum absolute atomic E-state index is 12.2. The lowest BCUT2D eigenvalue weighted by Gasteiger charge is -2.30. The first kappa shape index (κ1) is 19.1. The number of piperidine rings is 1. The Morgan fingerprint density at radius 3 is 2.48 bits per heavy atom. The average molecular weight is 370 g/mol. The van der Waals surface area contributed by atoms with E-state index in [4.69, 9.17) is 25.8 Å². The number of benzene rings is 1. The first-order valence-corrected chi connectivity index (χ1v) is 8.20. The summed E-state index contributed by atoms with van der Waals surface area (Å²) < 4.78 is 14.9. The van der Waals surface area contributed by atoms with E-state index in [1.165, 1.54) is 20.3 Å². The van der Waals surface area contributed by atoms with Crippen LogP contribution in [0, 0.1) is 5.92 Å². The monoisotopic (exact) mass is 369 g/mol. The van der Waals surface area contributed by atoms with Crippen LogP contribution in [-0.4, -0.2) is 56.7 Å². The lowest BCUT2D eigenvalue weighted by Crippen LogP contribution is -2.42. The van der Waals surface area contributed by atoms with Crippen molar-refractivity contribution in [2.24, 2.45) is 5.92 Å². The topological polar surface area (TPSA) is 82.1 Å². The molecule has 0 aromatic heterocycles. The fraction of sp³-hybridized carbons (Fsp3) is 0.471. The lowest BCUT2D eigenvalue weighted by atomic mass is 9.97. The molecular formula is C17H20ClNO6. The van der Waals surface area contributed by atoms with Gasteiger partial charge in [-0.3, -0.25) is 9.59 Å². The number of likely N-dealkylation sites (tertiary alicyclic amines) is 1. The molecule has 0 bridgehead atoms. The maximum atomic E-state index is 12.2. The van der Waals surface area contributed by atoms with Crippen molar-refractivity contribution in [3.63, 3.8) is 0 Å². The SMILES string of the molecule is COC(=O)C1CCN(C(=O)COC(=O)c2cc(Cl)ccc2OC)CC1. The lowest BCUT2D eigenvalue weighted by molar-refractivity contribution is -0.149. The number of esters is 2. The summed E-state index contributed by atoms with van der Waals surface area (Å²) >= 11 is 5.88. The minimum Gasteiger partial charge on any atom is -0.496 e. The van der Waals surface area contributed by atoms with Gasteiger partial charge in [-0.15, -0.1) is 0 Å². The first-order chi connectivity index (χ1) is 12.0. The number of hydrogen-bond donors (Lipinski definition) is 0. The van der Waals surface area contributed by atoms with Gasteiger partial charge in [0, 0.05) is 18.1 Å². The quantitative estimate of drug-likeness (QED) is 0.737. The van der Waals surface area contributed by atoms with E-state index < -0.39 is 5.97 Å². The molecule has 8 heteroatoms. The summed E-state index contributed by atoms with van der Waals surface area (Å²) in [5, 5.41) is 0.365. The highest BCUT2D eigenvalue weighted by Crippen LogP contribution is 2.23. The predicted octanol–water partition coefficient (Wildman–Crippen LogP) is 1.92. The van der Waals surface area contributed by atoms with E-state index >= 15 is 0 Å². The van der Waals surface area contributed by atoms with Crippen molar-refractivity contribution < 1.29 is 28.6 Å². The number of amides is 1. The van der Waals surface area contributed by atoms with Gasteiger partial charge in [-0.2, -0.15) is 0 Å². The second-order valence-corrected chi connectivity index (χ2v) is 6.04. The van der Waals surface area contributed by atoms with Crippen molar-refractivity contribution in [3.05, 3.63) is 28.8 Å². The number of hydrogen-bond acceptors (Lipinski definition) is 6. The van der Waals surface area contributed by atoms with Gasteiger partial charge in [0.15, 0.2) is 6.61 Å². The summed E-state index contributed by atoms with van der Waals surface area (Å²) in [6, 6.07) is 4.57. The third kappa shape index (κ3) is 4.85. The van der Waals surface area contributed by atoms with Crippen molar-refractivity contribution in [1.29, 1.82) is 0 Å². The molecule has 0 spiro atoms. The molecule has 0 radical (unpaired) electrons. The van der Waals surface area contributed by atoms with Crippen LogP contribution < -0.4 is 4.74 Å². The van der Waals surface area contributed by atoms with Gasteiger partial charge in [0.2, 0.25) is 0 Å². The predicted molar refractivity (Wildman–Crippen MR) is 89.6 cm³/mol. The summed E-state index contributed by atoms with van der Waals surface area (Å²) in [7, 11) is 2.78. The number of nitrogens with zero attached hydrogens (tertiary/aromatic N) is 1. The van der Waals surface area contributed by atoms with Gasteiger partial charge in [-0.25, -0.2) is 4.79 Å². The number of halogens is 1. The van der Waals surface area contributed by atoms with Crippen LogP contribution in [0.1, 0.15) is 23.2 Å². The standard InChI is InChI=1S/C17H20ClNO6/c1-23-14-4-3-12(18)9-13(14)17(22)25-10-15(20)19-7-5-11(6-8-19)16(21)24-2/h3-4,9,11H,5-8,10H2,1-2H3. The minimum atomic E-state index is -0.683. The molecule has 136 valence electrons. The Labute approximate surface area is 150 Å². The van der Waals surface area contributed by atoms with E-state index in [2.05, 4.69) is 0 Å². The van der Waals surface area contributed by atoms with Crippen LogP contribution in [0.15, 0.2) is 18.2 Å². The highest BCUT2D eigenvalue weighted by molar-refractivity contribution is 6.31. The van der Waals surface area contributed by atoms with Gasteiger partial charge in [0.25, 0.3) is 5.91 Å². The fourth-order valence-corrected chi connectivity index (χ4v) is 2.84. The highest BCUT2D eigenvalue weighted by Gasteiger charge is 2.28. The van der Waals surface area contributed by atoms with Crippen molar-refractivity contribution in [2.45, 2.75) is 12.8 Å². The van der Waals surface area contributed by atoms with Gasteiger partial charge in [-0.05, 0) is 31.0 Å². The van der Waals surface area contributed by atoms with E-state index in [1.54, 1.807) is 17.0 Å². The molecule has 1 aromatic carbocycles. The van der Waals surface area contributed by atoms with Crippen molar-refractivity contribution in [3.8, 4) is 5.75 Å². The molecule has 7 nitrogen and oxygen atoms in total. The number of carbonyl (C=O) groups excluding carboxylic acids is 3. The molecule has 1 saturated heterocycles. The Balaban J connectivity index is 1.87. The molecule has 0 N–H and O–H groups in total. The Kier molecular flexibility index (Phi) is 6.64. The van der Waals surface area contributed by atoms with Gasteiger partial charge >= 0.3 is 11.9 Å². The molecule has 25 heavy (non-hydrogen) atoms. The van der Waals surface area contributed by atoms with E-state index in [-0.39, 0.29) is 30.0 Å². The smallest absolute Gasteiger partial charge is 0.342 e. The van der Waals surface area contributed by atoms with Crippen LogP contribution in [0.25, 0.3) is 0 Å². The Morgan fingerprint density at radius 1 is 1.20 bits per heavy atom. The molecule has 1 amide bonds. The molecule has 1 fully saturated rings. The van der Waals surface area contributed by atoms with E-state index in [1.807, 2.05) is 0 Å². The summed E-state index contributed by atoms with van der Waals surface area (Å²) in [5.74, 6) is -1.12. The second kappa shape index (κ2) is 8.71. The summed E-state index contributed by atoms with van der Waals surface area (Å²) in [4.78, 5) is 37.4. The molecule has 1 heterocycles. The maximum Gasteiger partial charge on any atom is 0.342 e. The zero-order valence-electron chi connectivity index (χ0n) is 14.1. The zero-order chi connectivity index (χ0) is 18.4. The van der Waals surface area contributed by atoms with Crippen LogP contribution in [0.2, 0.25) is 5.02 Å². The number of ether oxygens (including phenoxy) is 3. The van der Waals surface area contributed by atoms with Crippen LogP contribution in [0.4, 0.5) is 0 Å². The molecule has 1 aliphatic heterocycles. The third-order valence-corrected chi connectivity index (χ3v) is 4.33. The highest BCUT2D eigenvalue weighted by atomic mass is 35.5. The molecule has 0 unspecified atom stereocenters. The molecule has 0 aliphatic carbocycles. The summed E-state index contributed by atoms with van der Waals surface area (Å²) in [6.45, 7) is 0.477. The Morgan fingerprint density at radius 2 is 1.88 bits per heavy atom. The van der Waals surface area contributed by atoms with Crippen molar-refractivity contribution >= 4 is 29.4 Å². The number of carbonyl (C=O) groups is 3. The number of rotatable bonds is 5. The molecular weight excluding hydrogens is 350 g/mol. The minimum absolute atomic E-state index is 0.159. The van der Waals surface area contributed by atoms with Crippen LogP contribution >= 0.6 is 11.6 Å². The van der Waals surface area contributed by atoms with Crippen LogP contribution in [0.3, 0.4) is 0 Å². The summed E-state index contributed by atoms with van der Waals surface area (Å²) in [5.41, 5.74) is 0.159. The molecule has 0 saturated carbocycles. The summed E-state index contributed by atoms with van der Waals surface area (Å²) in [6.07, 6.45) is 1.07. The van der Waals surface area contributed by atoms with Crippen molar-refractivity contribution in [2.75, 3.05) is 33.9 Å². The normalized spacial score (nSPS) is 14.8. The third-order valence-electron chi connectivity index (χ3n) is 4.09. The molecule has 2 rings (SSSR count). The van der Waals surface area contributed by atoms with Crippen LogP contribution in [-0.2, 0) is 19.1 Å². The van der Waals surface area contributed by atoms with E-state index in [0.29, 0.717) is 36.7 Å². The van der Waals surface area contributed by atoms with Crippen molar-refractivity contribution in [1.82, 2.24) is 4.90 Å².